The number of pyridine rings is 1. The molecule has 4 aromatic rings. The lowest BCUT2D eigenvalue weighted by atomic mass is 9.98. The minimum Gasteiger partial charge on any atom is -0.265 e. The largest absolute Gasteiger partial charge is 0.265 e. The summed E-state index contributed by atoms with van der Waals surface area (Å²) in [7, 11) is 0. The van der Waals surface area contributed by atoms with Gasteiger partial charge in [-0.3, -0.25) is 4.98 Å². The first-order chi connectivity index (χ1) is 11.7. The number of hydrogen-bond acceptors (Lipinski definition) is 3. The van der Waals surface area contributed by atoms with Crippen molar-refractivity contribution in [2.45, 2.75) is 0 Å². The van der Waals surface area contributed by atoms with Crippen molar-refractivity contribution in [1.82, 2.24) is 15.0 Å². The highest BCUT2D eigenvalue weighted by Crippen LogP contribution is 2.37. The maximum absolute atomic E-state index is 6.42. The second-order valence-corrected chi connectivity index (χ2v) is 6.00. The summed E-state index contributed by atoms with van der Waals surface area (Å²) in [5.74, 6) is 0. The fourth-order valence-electron chi connectivity index (χ4n) is 2.73. The molecule has 116 valence electrons. The van der Waals surface area contributed by atoms with Gasteiger partial charge in [-0.2, -0.15) is 0 Å². The third-order valence-electron chi connectivity index (χ3n) is 3.83. The minimum absolute atomic E-state index is 0.122. The van der Waals surface area contributed by atoms with E-state index < -0.39 is 0 Å². The normalized spacial score (nSPS) is 10.9. The van der Waals surface area contributed by atoms with Crippen LogP contribution < -0.4 is 0 Å². The summed E-state index contributed by atoms with van der Waals surface area (Å²) in [6.45, 7) is 0. The van der Waals surface area contributed by atoms with Crippen molar-refractivity contribution in [2.24, 2.45) is 0 Å². The van der Waals surface area contributed by atoms with Gasteiger partial charge in [0.25, 0.3) is 0 Å². The molecule has 0 aliphatic carbocycles. The van der Waals surface area contributed by atoms with Crippen LogP contribution in [0.3, 0.4) is 0 Å². The van der Waals surface area contributed by atoms with Crippen molar-refractivity contribution in [2.75, 3.05) is 0 Å². The zero-order valence-electron chi connectivity index (χ0n) is 12.4. The van der Waals surface area contributed by atoms with E-state index in [-0.39, 0.29) is 5.28 Å². The number of benzene rings is 2. The number of halogens is 2. The van der Waals surface area contributed by atoms with Gasteiger partial charge in [-0.25, -0.2) is 9.97 Å². The van der Waals surface area contributed by atoms with Gasteiger partial charge in [0.1, 0.15) is 5.15 Å². The monoisotopic (exact) mass is 351 g/mol. The molecule has 24 heavy (non-hydrogen) atoms. The Morgan fingerprint density at radius 3 is 2.25 bits per heavy atom. The van der Waals surface area contributed by atoms with E-state index in [2.05, 4.69) is 39.2 Å². The molecule has 0 aliphatic heterocycles. The number of hydrogen-bond donors (Lipinski definition) is 0. The Bertz CT molecular complexity index is 1030. The Morgan fingerprint density at radius 2 is 1.46 bits per heavy atom. The first-order valence-electron chi connectivity index (χ1n) is 7.35. The summed E-state index contributed by atoms with van der Waals surface area (Å²) < 4.78 is 0. The zero-order valence-corrected chi connectivity index (χ0v) is 14.0. The molecular weight excluding hydrogens is 341 g/mol. The van der Waals surface area contributed by atoms with Crippen LogP contribution in [0, 0.1) is 0 Å². The lowest BCUT2D eigenvalue weighted by Crippen LogP contribution is -1.95. The maximum Gasteiger partial charge on any atom is 0.224 e. The molecule has 0 saturated heterocycles. The van der Waals surface area contributed by atoms with E-state index in [9.17, 15) is 0 Å². The highest BCUT2D eigenvalue weighted by atomic mass is 35.5. The number of nitrogens with zero attached hydrogens (tertiary/aromatic N) is 3. The van der Waals surface area contributed by atoms with E-state index in [4.69, 9.17) is 23.2 Å². The molecule has 0 fully saturated rings. The van der Waals surface area contributed by atoms with Crippen LogP contribution in [0.1, 0.15) is 0 Å². The predicted molar refractivity (Wildman–Crippen MR) is 98.2 cm³/mol. The standard InChI is InChI=1S/C19H11Cl2N3/c20-18-16(15-6-5-12-3-1-2-4-14(12)11-15)17(23-19(21)24-18)13-7-9-22-10-8-13/h1-11H. The fourth-order valence-corrected chi connectivity index (χ4v) is 3.22. The molecule has 0 atom stereocenters. The van der Waals surface area contributed by atoms with Gasteiger partial charge in [0.2, 0.25) is 5.28 Å². The van der Waals surface area contributed by atoms with Crippen molar-refractivity contribution in [3.8, 4) is 22.4 Å². The smallest absolute Gasteiger partial charge is 0.224 e. The minimum atomic E-state index is 0.122. The average Bonchev–Trinajstić information content (AvgIpc) is 2.61. The number of rotatable bonds is 2. The SMILES string of the molecule is Clc1nc(Cl)c(-c2ccc3ccccc3c2)c(-c2ccncc2)n1. The van der Waals surface area contributed by atoms with Crippen LogP contribution in [0.2, 0.25) is 10.4 Å². The van der Waals surface area contributed by atoms with Gasteiger partial charge in [-0.05, 0) is 46.1 Å². The molecule has 0 unspecified atom stereocenters. The van der Waals surface area contributed by atoms with Crippen LogP contribution in [-0.4, -0.2) is 15.0 Å². The number of fused-ring (bicyclic) bond motifs is 1. The molecule has 0 aliphatic rings. The van der Waals surface area contributed by atoms with Gasteiger partial charge in [-0.15, -0.1) is 0 Å². The van der Waals surface area contributed by atoms with Crippen molar-refractivity contribution < 1.29 is 0 Å². The Balaban J connectivity index is 1.99. The quantitative estimate of drug-likeness (QED) is 0.345. The van der Waals surface area contributed by atoms with E-state index in [0.29, 0.717) is 10.8 Å². The third-order valence-corrected chi connectivity index (χ3v) is 4.27. The highest BCUT2D eigenvalue weighted by molar-refractivity contribution is 6.34. The van der Waals surface area contributed by atoms with Crippen molar-refractivity contribution in [1.29, 1.82) is 0 Å². The van der Waals surface area contributed by atoms with E-state index in [0.717, 1.165) is 27.5 Å². The summed E-state index contributed by atoms with van der Waals surface area (Å²) in [4.78, 5) is 12.6. The highest BCUT2D eigenvalue weighted by Gasteiger charge is 2.16. The first kappa shape index (κ1) is 15.1. The van der Waals surface area contributed by atoms with Crippen molar-refractivity contribution in [3.05, 3.63) is 77.4 Å². The van der Waals surface area contributed by atoms with E-state index >= 15 is 0 Å². The van der Waals surface area contributed by atoms with Gasteiger partial charge in [-0.1, -0.05) is 48.0 Å². The molecule has 0 amide bonds. The molecule has 4 rings (SSSR count). The van der Waals surface area contributed by atoms with Gasteiger partial charge < -0.3 is 0 Å². The molecule has 0 spiro atoms. The Hall–Kier alpha value is -2.49. The Kier molecular flexibility index (Phi) is 3.89. The van der Waals surface area contributed by atoms with Crippen LogP contribution in [0.25, 0.3) is 33.2 Å². The van der Waals surface area contributed by atoms with Gasteiger partial charge in [0.05, 0.1) is 5.69 Å². The van der Waals surface area contributed by atoms with Crippen molar-refractivity contribution in [3.63, 3.8) is 0 Å². The molecule has 2 aromatic carbocycles. The predicted octanol–water partition coefficient (Wildman–Crippen LogP) is 5.67. The lowest BCUT2D eigenvalue weighted by molar-refractivity contribution is 1.17. The van der Waals surface area contributed by atoms with E-state index in [1.807, 2.05) is 30.3 Å². The molecule has 0 radical (unpaired) electrons. The van der Waals surface area contributed by atoms with Crippen LogP contribution in [0.5, 0.6) is 0 Å². The van der Waals surface area contributed by atoms with Crippen LogP contribution >= 0.6 is 23.2 Å². The molecule has 3 nitrogen and oxygen atoms in total. The summed E-state index contributed by atoms with van der Waals surface area (Å²) in [5, 5.41) is 2.74. The lowest BCUT2D eigenvalue weighted by Gasteiger charge is -2.12. The third kappa shape index (κ3) is 2.73. The molecule has 0 saturated carbocycles. The zero-order chi connectivity index (χ0) is 16.5. The first-order valence-corrected chi connectivity index (χ1v) is 8.10. The van der Waals surface area contributed by atoms with Gasteiger partial charge >= 0.3 is 0 Å². The molecule has 2 aromatic heterocycles. The van der Waals surface area contributed by atoms with Gasteiger partial charge in [0, 0.05) is 23.5 Å². The van der Waals surface area contributed by atoms with Gasteiger partial charge in [0.15, 0.2) is 0 Å². The summed E-state index contributed by atoms with van der Waals surface area (Å²) in [6.07, 6.45) is 3.42. The number of aromatic nitrogens is 3. The van der Waals surface area contributed by atoms with E-state index in [1.165, 1.54) is 0 Å². The van der Waals surface area contributed by atoms with E-state index in [1.54, 1.807) is 12.4 Å². The molecular formula is C19H11Cl2N3. The maximum atomic E-state index is 6.42. The second-order valence-electron chi connectivity index (χ2n) is 5.30. The molecule has 5 heteroatoms. The van der Waals surface area contributed by atoms with Crippen LogP contribution in [-0.2, 0) is 0 Å². The molecule has 0 N–H and O–H groups in total. The van der Waals surface area contributed by atoms with Crippen LogP contribution in [0.4, 0.5) is 0 Å². The Morgan fingerprint density at radius 1 is 0.708 bits per heavy atom. The fraction of sp³-hybridized carbons (Fsp3) is 0. The average molecular weight is 352 g/mol. The van der Waals surface area contributed by atoms with Crippen molar-refractivity contribution >= 4 is 34.0 Å². The second kappa shape index (κ2) is 6.19. The summed E-state index contributed by atoms with van der Waals surface area (Å²) in [6, 6.07) is 18.1. The topological polar surface area (TPSA) is 38.7 Å². The Labute approximate surface area is 148 Å². The molecule has 0 bridgehead atoms. The summed E-state index contributed by atoms with van der Waals surface area (Å²) in [5.41, 5.74) is 3.29. The molecule has 2 heterocycles. The van der Waals surface area contributed by atoms with Crippen LogP contribution in [0.15, 0.2) is 67.0 Å². The summed E-state index contributed by atoms with van der Waals surface area (Å²) >= 11 is 12.5.